The van der Waals surface area contributed by atoms with Crippen molar-refractivity contribution in [2.75, 3.05) is 0 Å². The summed E-state index contributed by atoms with van der Waals surface area (Å²) in [6.07, 6.45) is 0. The Labute approximate surface area is 720 Å². The van der Waals surface area contributed by atoms with Gasteiger partial charge in [-0.25, -0.2) is 17.6 Å². The first-order valence-corrected chi connectivity index (χ1v) is 52.4. The maximum Gasteiger partial charge on any atom is 0.264 e. The van der Waals surface area contributed by atoms with E-state index in [1.54, 1.807) is 24.3 Å². The third-order valence-corrected chi connectivity index (χ3v) is 38.6. The molecule has 0 atom stereocenters. The monoisotopic (exact) mass is 1670 g/mol. The summed E-state index contributed by atoms with van der Waals surface area (Å²) >= 11 is 0. The van der Waals surface area contributed by atoms with Gasteiger partial charge in [0.15, 0.2) is 23.3 Å². The molecule has 122 heavy (non-hydrogen) atoms. The van der Waals surface area contributed by atoms with Crippen molar-refractivity contribution in [1.82, 2.24) is 0 Å². The van der Waals surface area contributed by atoms with E-state index in [-0.39, 0.29) is 23.0 Å². The summed E-state index contributed by atoms with van der Waals surface area (Å²) in [6, 6.07) is 150. The van der Waals surface area contributed by atoms with Crippen molar-refractivity contribution in [3.63, 3.8) is 0 Å². The SMILES string of the molecule is Fc1cc(C(c2ccc(O[Si](Cc3ccccc3)(Cc3ccccc3)Cc3ccccc3)c(F)c2)C(c2ccc(O[Si](Cc3ccccc3)(Cc3ccccc3)Cc3ccccc3)c(F)c2)c2ccc(O[Si](Cc3ccccc3)(Cc3ccccc3)Cc3ccccc3)c(F)c2)ccc1O[Si](Cc1ccccc1)(Cc1ccccc1)Cc1ccccc1. The fourth-order valence-corrected chi connectivity index (χ4v) is 34.7. The maximum absolute atomic E-state index is 19.0. The summed E-state index contributed by atoms with van der Waals surface area (Å²) in [7, 11) is -12.9. The van der Waals surface area contributed by atoms with E-state index in [1.165, 1.54) is 24.3 Å². The van der Waals surface area contributed by atoms with Gasteiger partial charge < -0.3 is 17.7 Å². The van der Waals surface area contributed by atoms with Gasteiger partial charge in [-0.3, -0.25) is 0 Å². The molecule has 0 bridgehead atoms. The van der Waals surface area contributed by atoms with Crippen LogP contribution in [0.1, 0.15) is 101 Å². The average Bonchev–Trinajstić information content (AvgIpc) is 0.757. The number of hydrogen-bond donors (Lipinski definition) is 0. The minimum absolute atomic E-state index is 0.0633. The summed E-state index contributed by atoms with van der Waals surface area (Å²) in [6.45, 7) is 0. The van der Waals surface area contributed by atoms with Crippen LogP contribution in [0.4, 0.5) is 17.6 Å². The van der Waals surface area contributed by atoms with Crippen LogP contribution in [-0.2, 0) is 72.5 Å². The first-order chi connectivity index (χ1) is 59.8. The van der Waals surface area contributed by atoms with Crippen molar-refractivity contribution in [3.8, 4) is 23.0 Å². The van der Waals surface area contributed by atoms with Gasteiger partial charge in [0.1, 0.15) is 23.0 Å². The molecule has 606 valence electrons. The Morgan fingerprint density at radius 2 is 0.270 bits per heavy atom. The Hall–Kier alpha value is -12.7. The van der Waals surface area contributed by atoms with Crippen molar-refractivity contribution in [2.24, 2.45) is 0 Å². The van der Waals surface area contributed by atoms with Crippen LogP contribution in [0.3, 0.4) is 0 Å². The molecule has 16 rings (SSSR count). The summed E-state index contributed by atoms with van der Waals surface area (Å²) < 4.78 is 106. The number of halogens is 4. The second kappa shape index (κ2) is 39.7. The molecule has 0 N–H and O–H groups in total. The molecule has 0 unspecified atom stereocenters. The predicted octanol–water partition coefficient (Wildman–Crippen LogP) is 25.9. The predicted molar refractivity (Wildman–Crippen MR) is 497 cm³/mol. The molecule has 0 aliphatic rings. The van der Waals surface area contributed by atoms with Crippen molar-refractivity contribution in [1.29, 1.82) is 0 Å². The lowest BCUT2D eigenvalue weighted by molar-refractivity contribution is 0.469. The standard InChI is InChI=1S/C110H98F4O4Si4/c111-101-69-97(61-65-105(101)115-119(73-85-37-13-1-14-38-85,74-86-39-15-2-16-40-86)75-87-41-17-3-18-42-87)109(98-62-66-106(102(112)70-98)116-120(76-88-43-19-4-20-44-88,77-89-45-21-5-22-46-89)78-90-47-23-6-24-48-90)110(99-63-67-107(103(113)71-99)117-121(79-91-49-25-7-26-50-91,80-92-51-27-8-28-52-92)81-93-53-29-9-30-54-93)100-64-68-108(104(114)72-100)118-122(82-94-55-31-10-32-56-94,83-95-57-33-11-34-58-95)84-96-59-35-12-36-60-96/h1-72,109-110H,73-84H2. The third kappa shape index (κ3) is 21.9. The molecule has 16 aromatic rings. The van der Waals surface area contributed by atoms with E-state index in [9.17, 15) is 0 Å². The lowest BCUT2D eigenvalue weighted by Gasteiger charge is -2.35. The van der Waals surface area contributed by atoms with Crippen LogP contribution >= 0.6 is 0 Å². The van der Waals surface area contributed by atoms with E-state index < -0.39 is 68.4 Å². The van der Waals surface area contributed by atoms with E-state index >= 15 is 17.6 Å². The average molecular weight is 1670 g/mol. The molecule has 0 fully saturated rings. The molecule has 0 saturated carbocycles. The Balaban J connectivity index is 0.889. The minimum Gasteiger partial charge on any atom is -0.541 e. The number of rotatable bonds is 37. The lowest BCUT2D eigenvalue weighted by atomic mass is 9.73. The van der Waals surface area contributed by atoms with Crippen LogP contribution < -0.4 is 17.7 Å². The van der Waals surface area contributed by atoms with Gasteiger partial charge in [-0.15, -0.1) is 0 Å². The second-order valence-electron chi connectivity index (χ2n) is 32.8. The highest BCUT2D eigenvalue weighted by molar-refractivity contribution is 6.74. The maximum atomic E-state index is 19.0. The van der Waals surface area contributed by atoms with Gasteiger partial charge in [0, 0.05) is 84.4 Å². The van der Waals surface area contributed by atoms with Crippen molar-refractivity contribution < 1.29 is 35.3 Å². The zero-order valence-corrected chi connectivity index (χ0v) is 72.4. The molecular weight excluding hydrogens is 1570 g/mol. The van der Waals surface area contributed by atoms with Crippen LogP contribution in [0.5, 0.6) is 23.0 Å². The zero-order chi connectivity index (χ0) is 83.2. The molecule has 0 amide bonds. The Bertz CT molecular complexity index is 4820. The van der Waals surface area contributed by atoms with Gasteiger partial charge in [-0.1, -0.05) is 388 Å². The Morgan fingerprint density at radius 1 is 0.156 bits per heavy atom. The summed E-state index contributed by atoms with van der Waals surface area (Å²) in [5, 5.41) is 0. The molecule has 0 saturated heterocycles. The van der Waals surface area contributed by atoms with Gasteiger partial charge in [-0.2, -0.15) is 0 Å². The van der Waals surface area contributed by atoms with Gasteiger partial charge in [-0.05, 0) is 138 Å². The molecule has 0 aliphatic heterocycles. The Morgan fingerprint density at radius 3 is 0.377 bits per heavy atom. The Kier molecular flexibility index (Phi) is 27.0. The fourth-order valence-electron chi connectivity index (χ4n) is 18.1. The summed E-state index contributed by atoms with van der Waals surface area (Å²) in [5.74, 6) is -4.48. The zero-order valence-electron chi connectivity index (χ0n) is 68.4. The van der Waals surface area contributed by atoms with Gasteiger partial charge in [0.2, 0.25) is 0 Å². The molecule has 0 aliphatic carbocycles. The molecule has 0 spiro atoms. The van der Waals surface area contributed by atoms with Crippen molar-refractivity contribution in [3.05, 3.63) is 549 Å². The molecule has 0 radical (unpaired) electrons. The first-order valence-electron chi connectivity index (χ1n) is 42.2. The van der Waals surface area contributed by atoms with Crippen LogP contribution in [-0.4, -0.2) is 33.3 Å². The highest BCUT2D eigenvalue weighted by atomic mass is 28.4. The van der Waals surface area contributed by atoms with Gasteiger partial charge in [0.25, 0.3) is 33.3 Å². The van der Waals surface area contributed by atoms with Crippen molar-refractivity contribution in [2.45, 2.75) is 84.4 Å². The third-order valence-electron chi connectivity index (χ3n) is 23.3. The molecule has 0 heterocycles. The fraction of sp³-hybridized carbons (Fsp3) is 0.127. The van der Waals surface area contributed by atoms with Crippen LogP contribution in [0.15, 0.2) is 437 Å². The topological polar surface area (TPSA) is 36.9 Å². The first kappa shape index (κ1) is 83.0. The number of hydrogen-bond acceptors (Lipinski definition) is 4. The van der Waals surface area contributed by atoms with Crippen LogP contribution in [0, 0.1) is 23.3 Å². The van der Waals surface area contributed by atoms with Crippen LogP contribution in [0.2, 0.25) is 0 Å². The van der Waals surface area contributed by atoms with Gasteiger partial charge in [0.05, 0.1) is 0 Å². The highest BCUT2D eigenvalue weighted by Gasteiger charge is 2.45. The van der Waals surface area contributed by atoms with Gasteiger partial charge >= 0.3 is 0 Å². The second-order valence-corrected chi connectivity index (χ2v) is 47.3. The minimum atomic E-state index is -3.23. The van der Waals surface area contributed by atoms with E-state index in [0.717, 1.165) is 66.8 Å². The smallest absolute Gasteiger partial charge is 0.264 e. The lowest BCUT2D eigenvalue weighted by Crippen LogP contribution is -2.50. The quantitative estimate of drug-likeness (QED) is 0.0287. The van der Waals surface area contributed by atoms with E-state index in [1.807, 2.05) is 243 Å². The van der Waals surface area contributed by atoms with E-state index in [2.05, 4.69) is 146 Å². The molecule has 4 nitrogen and oxygen atoms in total. The largest absolute Gasteiger partial charge is 0.541 e. The molecule has 12 heteroatoms. The summed E-state index contributed by atoms with van der Waals surface area (Å²) in [4.78, 5) is 0. The summed E-state index contributed by atoms with van der Waals surface area (Å²) in [5.41, 5.74) is 14.4. The number of benzene rings is 16. The molecule has 16 aromatic carbocycles. The van der Waals surface area contributed by atoms with Crippen molar-refractivity contribution >= 4 is 33.3 Å². The van der Waals surface area contributed by atoms with E-state index in [4.69, 9.17) is 17.7 Å². The van der Waals surface area contributed by atoms with E-state index in [0.29, 0.717) is 94.8 Å². The molecule has 0 aromatic heterocycles. The normalized spacial score (nSPS) is 11.8. The highest BCUT2D eigenvalue weighted by Crippen LogP contribution is 2.48. The van der Waals surface area contributed by atoms with Crippen LogP contribution in [0.25, 0.3) is 0 Å². The molecular formula is C110H98F4O4Si4.